The van der Waals surface area contributed by atoms with Gasteiger partial charge in [0.1, 0.15) is 0 Å². The highest BCUT2D eigenvalue weighted by molar-refractivity contribution is 5.92. The number of amides is 2. The Hall–Kier alpha value is -1.66. The zero-order valence-electron chi connectivity index (χ0n) is 17.3. The number of nitrogens with one attached hydrogen (secondary N) is 2. The van der Waals surface area contributed by atoms with Crippen LogP contribution in [0.5, 0.6) is 0 Å². The lowest BCUT2D eigenvalue weighted by Crippen LogP contribution is -2.36. The predicted octanol–water partition coefficient (Wildman–Crippen LogP) is 2.74. The molecular weight excluding hydrogens is 332 g/mol. The zero-order chi connectivity index (χ0) is 20.4. The summed E-state index contributed by atoms with van der Waals surface area (Å²) in [5.74, 6) is -0.269. The van der Waals surface area contributed by atoms with Crippen LogP contribution in [0, 0.1) is 0 Å². The summed E-state index contributed by atoms with van der Waals surface area (Å²) >= 11 is 0. The van der Waals surface area contributed by atoms with Crippen LogP contribution in [0.3, 0.4) is 0 Å². The fourth-order valence-corrected chi connectivity index (χ4v) is 2.04. The molecule has 0 aliphatic carbocycles. The summed E-state index contributed by atoms with van der Waals surface area (Å²) in [5, 5.41) is 5.61. The average Bonchev–Trinajstić information content (AvgIpc) is 2.50. The normalized spacial score (nSPS) is 11.8. The van der Waals surface area contributed by atoms with Gasteiger partial charge in [0.2, 0.25) is 11.8 Å². The van der Waals surface area contributed by atoms with E-state index in [0.717, 1.165) is 0 Å². The molecule has 26 heavy (non-hydrogen) atoms. The average molecular weight is 369 g/mol. The maximum absolute atomic E-state index is 11.5. The molecule has 0 aromatic carbocycles. The highest BCUT2D eigenvalue weighted by Crippen LogP contribution is 2.16. The Labute approximate surface area is 158 Å². The summed E-state index contributed by atoms with van der Waals surface area (Å²) in [7, 11) is 0. The molecule has 0 spiro atoms. The fraction of sp³-hybridized carbons (Fsp3) is 0.700. The van der Waals surface area contributed by atoms with Crippen molar-refractivity contribution in [1.29, 1.82) is 0 Å². The van der Waals surface area contributed by atoms with Crippen molar-refractivity contribution in [3.05, 3.63) is 24.3 Å². The van der Waals surface area contributed by atoms with Gasteiger partial charge in [-0.25, -0.2) is 0 Å². The van der Waals surface area contributed by atoms with E-state index in [1.54, 1.807) is 13.8 Å². The van der Waals surface area contributed by atoms with Gasteiger partial charge < -0.3 is 20.1 Å². The van der Waals surface area contributed by atoms with Gasteiger partial charge in [-0.05, 0) is 54.4 Å². The van der Waals surface area contributed by atoms with Gasteiger partial charge in [0.25, 0.3) is 0 Å². The number of ether oxygens (including phenoxy) is 2. The van der Waals surface area contributed by atoms with Gasteiger partial charge in [0.15, 0.2) is 0 Å². The fourth-order valence-electron chi connectivity index (χ4n) is 2.04. The number of carbonyl (C=O) groups is 2. The van der Waals surface area contributed by atoms with Crippen molar-refractivity contribution in [2.75, 3.05) is 26.3 Å². The minimum absolute atomic E-state index is 0.135. The number of hydrogen-bond acceptors (Lipinski definition) is 4. The summed E-state index contributed by atoms with van der Waals surface area (Å²) in [4.78, 5) is 22.9. The number of hydrogen-bond donors (Lipinski definition) is 2. The molecule has 0 unspecified atom stereocenters. The van der Waals surface area contributed by atoms with Gasteiger partial charge >= 0.3 is 0 Å². The monoisotopic (exact) mass is 368 g/mol. The van der Waals surface area contributed by atoms with Crippen LogP contribution in [-0.4, -0.2) is 49.3 Å². The number of carbonyl (C=O) groups excluding carboxylic acids is 2. The van der Waals surface area contributed by atoms with Gasteiger partial charge in [0, 0.05) is 24.2 Å². The molecule has 0 rings (SSSR count). The molecule has 2 N–H and O–H groups in total. The molecule has 0 saturated heterocycles. The third-order valence-electron chi connectivity index (χ3n) is 3.87. The van der Waals surface area contributed by atoms with Crippen LogP contribution >= 0.6 is 0 Å². The Morgan fingerprint density at radius 2 is 1.08 bits per heavy atom. The maximum atomic E-state index is 11.5. The SMILES string of the molecule is C=C(C)C(=O)NCCC(C)(C)OCCOC(C)(C)CCNC(=O)C(=C)C. The first-order valence-corrected chi connectivity index (χ1v) is 9.02. The molecule has 0 bridgehead atoms. The Morgan fingerprint density at radius 1 is 0.769 bits per heavy atom. The summed E-state index contributed by atoms with van der Waals surface area (Å²) in [6, 6.07) is 0. The van der Waals surface area contributed by atoms with Crippen LogP contribution in [-0.2, 0) is 19.1 Å². The first kappa shape index (κ1) is 24.3. The summed E-state index contributed by atoms with van der Waals surface area (Å²) in [5.41, 5.74) is 0.286. The van der Waals surface area contributed by atoms with Crippen molar-refractivity contribution in [3.8, 4) is 0 Å². The summed E-state index contributed by atoms with van der Waals surface area (Å²) < 4.78 is 11.7. The second kappa shape index (κ2) is 11.1. The van der Waals surface area contributed by atoms with E-state index in [1.807, 2.05) is 27.7 Å². The molecule has 0 saturated carbocycles. The largest absolute Gasteiger partial charge is 0.373 e. The van der Waals surface area contributed by atoms with Gasteiger partial charge in [-0.2, -0.15) is 0 Å². The first-order valence-electron chi connectivity index (χ1n) is 9.02. The van der Waals surface area contributed by atoms with E-state index in [1.165, 1.54) is 0 Å². The third-order valence-corrected chi connectivity index (χ3v) is 3.87. The highest BCUT2D eigenvalue weighted by Gasteiger charge is 2.21. The third kappa shape index (κ3) is 11.8. The summed E-state index contributed by atoms with van der Waals surface area (Å²) in [6.07, 6.45) is 1.39. The first-order chi connectivity index (χ1) is 11.9. The Balaban J connectivity index is 3.99. The molecule has 0 aliphatic heterocycles. The lowest BCUT2D eigenvalue weighted by molar-refractivity contribution is -0.119. The van der Waals surface area contributed by atoms with Crippen molar-refractivity contribution >= 4 is 11.8 Å². The minimum Gasteiger partial charge on any atom is -0.373 e. The van der Waals surface area contributed by atoms with E-state index in [2.05, 4.69) is 23.8 Å². The van der Waals surface area contributed by atoms with Gasteiger partial charge in [-0.15, -0.1) is 0 Å². The van der Waals surface area contributed by atoms with Crippen molar-refractivity contribution in [2.24, 2.45) is 0 Å². The molecule has 0 atom stereocenters. The predicted molar refractivity (Wildman–Crippen MR) is 105 cm³/mol. The molecular formula is C20H36N2O4. The van der Waals surface area contributed by atoms with Crippen molar-refractivity contribution < 1.29 is 19.1 Å². The van der Waals surface area contributed by atoms with Crippen LogP contribution in [0.25, 0.3) is 0 Å². The second-order valence-electron chi connectivity index (χ2n) is 7.79. The van der Waals surface area contributed by atoms with Crippen LogP contribution in [0.4, 0.5) is 0 Å². The van der Waals surface area contributed by atoms with E-state index in [0.29, 0.717) is 50.3 Å². The standard InChI is InChI=1S/C20H36N2O4/c1-15(2)17(23)21-11-9-19(5,6)25-13-14-26-20(7,8)10-12-22-18(24)16(3)4/h1,3,9-14H2,2,4-8H3,(H,21,23)(H,22,24). The lowest BCUT2D eigenvalue weighted by Gasteiger charge is -2.28. The molecule has 0 radical (unpaired) electrons. The van der Waals surface area contributed by atoms with E-state index < -0.39 is 0 Å². The van der Waals surface area contributed by atoms with E-state index in [-0.39, 0.29) is 23.0 Å². The molecule has 0 aliphatic rings. The molecule has 2 amide bonds. The number of rotatable bonds is 13. The van der Waals surface area contributed by atoms with Gasteiger partial charge in [0.05, 0.1) is 24.4 Å². The quantitative estimate of drug-likeness (QED) is 0.387. The molecule has 6 nitrogen and oxygen atoms in total. The van der Waals surface area contributed by atoms with Crippen LogP contribution in [0.2, 0.25) is 0 Å². The summed E-state index contributed by atoms with van der Waals surface area (Å²) in [6.45, 7) is 20.5. The van der Waals surface area contributed by atoms with E-state index >= 15 is 0 Å². The lowest BCUT2D eigenvalue weighted by atomic mass is 10.0. The van der Waals surface area contributed by atoms with Gasteiger partial charge in [-0.3, -0.25) is 9.59 Å². The molecule has 0 fully saturated rings. The zero-order valence-corrected chi connectivity index (χ0v) is 17.3. The Morgan fingerprint density at radius 3 is 1.35 bits per heavy atom. The molecule has 6 heteroatoms. The van der Waals surface area contributed by atoms with Crippen LogP contribution in [0.1, 0.15) is 54.4 Å². The molecule has 0 aromatic rings. The maximum Gasteiger partial charge on any atom is 0.246 e. The second-order valence-corrected chi connectivity index (χ2v) is 7.79. The molecule has 0 heterocycles. The van der Waals surface area contributed by atoms with Crippen molar-refractivity contribution in [1.82, 2.24) is 10.6 Å². The van der Waals surface area contributed by atoms with Crippen molar-refractivity contribution in [2.45, 2.75) is 65.6 Å². The highest BCUT2D eigenvalue weighted by atomic mass is 16.5. The molecule has 150 valence electrons. The topological polar surface area (TPSA) is 76.7 Å². The van der Waals surface area contributed by atoms with Crippen LogP contribution in [0.15, 0.2) is 24.3 Å². The Bertz CT molecular complexity index is 464. The van der Waals surface area contributed by atoms with Crippen LogP contribution < -0.4 is 10.6 Å². The Kier molecular flexibility index (Phi) is 10.4. The molecule has 0 aromatic heterocycles. The van der Waals surface area contributed by atoms with E-state index in [4.69, 9.17) is 9.47 Å². The van der Waals surface area contributed by atoms with Crippen molar-refractivity contribution in [3.63, 3.8) is 0 Å². The smallest absolute Gasteiger partial charge is 0.246 e. The van der Waals surface area contributed by atoms with E-state index in [9.17, 15) is 9.59 Å². The minimum atomic E-state index is -0.356. The van der Waals surface area contributed by atoms with Gasteiger partial charge in [-0.1, -0.05) is 13.2 Å².